The molecule has 0 aliphatic rings. The SMILES string of the molecule is CCOC(=O)C(Sc1nc(-c2cccs2)cc(C(F)(F)F)c1C#N)C(C)=O. The van der Waals surface area contributed by atoms with Crippen molar-refractivity contribution < 1.29 is 27.5 Å². The summed E-state index contributed by atoms with van der Waals surface area (Å²) in [6.07, 6.45) is -4.80. The van der Waals surface area contributed by atoms with Crippen LogP contribution in [0.1, 0.15) is 25.0 Å². The number of alkyl halides is 3. The number of hydrogen-bond acceptors (Lipinski definition) is 7. The van der Waals surface area contributed by atoms with E-state index in [9.17, 15) is 28.0 Å². The largest absolute Gasteiger partial charge is 0.465 e. The van der Waals surface area contributed by atoms with Crippen molar-refractivity contribution in [1.82, 2.24) is 4.98 Å². The summed E-state index contributed by atoms with van der Waals surface area (Å²) in [5, 5.41) is 9.19. The van der Waals surface area contributed by atoms with Crippen LogP contribution < -0.4 is 0 Å². The first-order valence-electron chi connectivity index (χ1n) is 7.59. The zero-order chi connectivity index (χ0) is 20.2. The van der Waals surface area contributed by atoms with Crippen molar-refractivity contribution in [2.45, 2.75) is 30.3 Å². The molecule has 0 bridgehead atoms. The topological polar surface area (TPSA) is 80.0 Å². The Morgan fingerprint density at radius 2 is 2.15 bits per heavy atom. The first-order chi connectivity index (χ1) is 12.7. The number of nitrogens with zero attached hydrogens (tertiary/aromatic N) is 2. The molecule has 0 radical (unpaired) electrons. The zero-order valence-electron chi connectivity index (χ0n) is 14.2. The summed E-state index contributed by atoms with van der Waals surface area (Å²) in [6, 6.07) is 5.52. The Morgan fingerprint density at radius 3 is 2.63 bits per heavy atom. The highest BCUT2D eigenvalue weighted by molar-refractivity contribution is 8.01. The molecule has 142 valence electrons. The van der Waals surface area contributed by atoms with Crippen molar-refractivity contribution in [2.24, 2.45) is 0 Å². The maximum atomic E-state index is 13.5. The van der Waals surface area contributed by atoms with Crippen molar-refractivity contribution in [3.8, 4) is 16.6 Å². The molecule has 0 saturated heterocycles. The van der Waals surface area contributed by atoms with Gasteiger partial charge in [-0.15, -0.1) is 11.3 Å². The molecule has 10 heteroatoms. The number of halogens is 3. The Bertz CT molecular complexity index is 890. The molecule has 2 heterocycles. The van der Waals surface area contributed by atoms with Crippen LogP contribution in [-0.4, -0.2) is 28.6 Å². The van der Waals surface area contributed by atoms with E-state index in [4.69, 9.17) is 4.74 Å². The lowest BCUT2D eigenvalue weighted by atomic mass is 10.1. The van der Waals surface area contributed by atoms with Crippen LogP contribution in [0.15, 0.2) is 28.6 Å². The Balaban J connectivity index is 2.63. The van der Waals surface area contributed by atoms with Gasteiger partial charge in [0.05, 0.1) is 28.3 Å². The molecule has 2 aromatic heterocycles. The monoisotopic (exact) mass is 414 g/mol. The molecule has 1 atom stereocenters. The van der Waals surface area contributed by atoms with Crippen molar-refractivity contribution in [1.29, 1.82) is 5.26 Å². The van der Waals surface area contributed by atoms with Gasteiger partial charge in [0.1, 0.15) is 11.1 Å². The number of hydrogen-bond donors (Lipinski definition) is 0. The van der Waals surface area contributed by atoms with Crippen molar-refractivity contribution in [3.05, 3.63) is 34.7 Å². The molecule has 0 spiro atoms. The van der Waals surface area contributed by atoms with Crippen LogP contribution >= 0.6 is 23.1 Å². The lowest BCUT2D eigenvalue weighted by molar-refractivity contribution is -0.144. The molecule has 0 aliphatic carbocycles. The number of carbonyl (C=O) groups is 2. The summed E-state index contributed by atoms with van der Waals surface area (Å²) in [5.41, 5.74) is -1.90. The van der Waals surface area contributed by atoms with E-state index < -0.39 is 34.3 Å². The summed E-state index contributed by atoms with van der Waals surface area (Å²) in [5.74, 6) is -1.50. The number of pyridine rings is 1. The predicted octanol–water partition coefficient (Wildman–Crippen LogP) is 4.31. The molecule has 1 unspecified atom stereocenters. The highest BCUT2D eigenvalue weighted by atomic mass is 32.2. The van der Waals surface area contributed by atoms with E-state index in [0.717, 1.165) is 13.0 Å². The average Bonchev–Trinajstić information content (AvgIpc) is 3.12. The summed E-state index contributed by atoms with van der Waals surface area (Å²) < 4.78 is 45.2. The lowest BCUT2D eigenvalue weighted by Crippen LogP contribution is -2.27. The first-order valence-corrected chi connectivity index (χ1v) is 9.34. The molecule has 27 heavy (non-hydrogen) atoms. The quantitative estimate of drug-likeness (QED) is 0.398. The van der Waals surface area contributed by atoms with E-state index in [1.54, 1.807) is 17.5 Å². The van der Waals surface area contributed by atoms with Crippen LogP contribution in [0, 0.1) is 11.3 Å². The number of thiophene rings is 1. The normalized spacial score (nSPS) is 12.3. The van der Waals surface area contributed by atoms with Gasteiger partial charge in [0.15, 0.2) is 11.0 Å². The number of ketones is 1. The van der Waals surface area contributed by atoms with E-state index in [-0.39, 0.29) is 17.3 Å². The number of nitriles is 1. The molecule has 0 aliphatic heterocycles. The molecule has 2 rings (SSSR count). The number of carbonyl (C=O) groups excluding carboxylic acids is 2. The van der Waals surface area contributed by atoms with Crippen LogP contribution in [0.5, 0.6) is 0 Å². The van der Waals surface area contributed by atoms with E-state index in [1.165, 1.54) is 24.3 Å². The van der Waals surface area contributed by atoms with Gasteiger partial charge in [0.25, 0.3) is 0 Å². The van der Waals surface area contributed by atoms with Crippen molar-refractivity contribution in [2.75, 3.05) is 6.61 Å². The Morgan fingerprint density at radius 1 is 1.44 bits per heavy atom. The summed E-state index contributed by atoms with van der Waals surface area (Å²) >= 11 is 1.66. The smallest absolute Gasteiger partial charge is 0.417 e. The maximum absolute atomic E-state index is 13.5. The fourth-order valence-corrected chi connectivity index (χ4v) is 3.78. The van der Waals surface area contributed by atoms with E-state index in [0.29, 0.717) is 16.6 Å². The molecule has 0 aromatic carbocycles. The van der Waals surface area contributed by atoms with Gasteiger partial charge in [0, 0.05) is 0 Å². The fourth-order valence-electron chi connectivity index (χ4n) is 2.12. The third kappa shape index (κ3) is 4.87. The Hall–Kier alpha value is -2.38. The number of aromatic nitrogens is 1. The molecule has 0 fully saturated rings. The third-order valence-electron chi connectivity index (χ3n) is 3.28. The van der Waals surface area contributed by atoms with Crippen LogP contribution in [0.4, 0.5) is 13.2 Å². The molecule has 5 nitrogen and oxygen atoms in total. The standard InChI is InChI=1S/C17H13F3N2O3S2/c1-3-25-16(24)14(9(2)23)27-15-10(8-21)11(17(18,19)20)7-12(22-15)13-5-4-6-26-13/h4-7,14H,3H2,1-2H3. The first kappa shape index (κ1) is 20.9. The Kier molecular flexibility index (Phi) is 6.62. The van der Waals surface area contributed by atoms with E-state index in [2.05, 4.69) is 4.98 Å². The van der Waals surface area contributed by atoms with Gasteiger partial charge < -0.3 is 4.74 Å². The lowest BCUT2D eigenvalue weighted by Gasteiger charge is -2.16. The summed E-state index contributed by atoms with van der Waals surface area (Å²) in [7, 11) is 0. The fraction of sp³-hybridized carbons (Fsp3) is 0.294. The summed E-state index contributed by atoms with van der Waals surface area (Å²) in [4.78, 5) is 28.4. The molecule has 0 N–H and O–H groups in total. The minimum atomic E-state index is -4.80. The maximum Gasteiger partial charge on any atom is 0.417 e. The van der Waals surface area contributed by atoms with Crippen LogP contribution in [0.25, 0.3) is 10.6 Å². The number of ether oxygens (including phenoxy) is 1. The predicted molar refractivity (Wildman–Crippen MR) is 94.2 cm³/mol. The van der Waals surface area contributed by atoms with Gasteiger partial charge in [-0.2, -0.15) is 18.4 Å². The van der Waals surface area contributed by atoms with Gasteiger partial charge in [-0.1, -0.05) is 17.8 Å². The molecular formula is C17H13F3N2O3S2. The molecule has 0 saturated carbocycles. The minimum absolute atomic E-state index is 0.00462. The zero-order valence-corrected chi connectivity index (χ0v) is 15.8. The Labute approximate surface area is 161 Å². The van der Waals surface area contributed by atoms with E-state index in [1.807, 2.05) is 0 Å². The van der Waals surface area contributed by atoms with Crippen LogP contribution in [-0.2, 0) is 20.5 Å². The van der Waals surface area contributed by atoms with Crippen LogP contribution in [0.2, 0.25) is 0 Å². The van der Waals surface area contributed by atoms with Crippen molar-refractivity contribution in [3.63, 3.8) is 0 Å². The number of thioether (sulfide) groups is 1. The number of esters is 1. The van der Waals surface area contributed by atoms with E-state index >= 15 is 0 Å². The second-order valence-electron chi connectivity index (χ2n) is 5.18. The van der Waals surface area contributed by atoms with Gasteiger partial charge in [-0.3, -0.25) is 9.59 Å². The van der Waals surface area contributed by atoms with Crippen molar-refractivity contribution >= 4 is 34.9 Å². The number of rotatable bonds is 6. The average molecular weight is 414 g/mol. The van der Waals surface area contributed by atoms with Gasteiger partial charge >= 0.3 is 12.1 Å². The molecule has 0 amide bonds. The van der Waals surface area contributed by atoms with Gasteiger partial charge in [-0.05, 0) is 31.4 Å². The highest BCUT2D eigenvalue weighted by Crippen LogP contribution is 2.39. The minimum Gasteiger partial charge on any atom is -0.465 e. The third-order valence-corrected chi connectivity index (χ3v) is 5.45. The van der Waals surface area contributed by atoms with Gasteiger partial charge in [-0.25, -0.2) is 4.98 Å². The second kappa shape index (κ2) is 8.54. The summed E-state index contributed by atoms with van der Waals surface area (Å²) in [6.45, 7) is 2.66. The molecule has 2 aromatic rings. The molecular weight excluding hydrogens is 401 g/mol. The van der Waals surface area contributed by atoms with Crippen LogP contribution in [0.3, 0.4) is 0 Å². The highest BCUT2D eigenvalue weighted by Gasteiger charge is 2.37. The second-order valence-corrected chi connectivity index (χ2v) is 7.22. The van der Waals surface area contributed by atoms with Gasteiger partial charge in [0.2, 0.25) is 0 Å². The number of Topliss-reactive ketones (excluding diaryl/α,β-unsaturated/α-hetero) is 1.